The summed E-state index contributed by atoms with van der Waals surface area (Å²) in [5, 5.41) is 9.12. The predicted octanol–water partition coefficient (Wildman–Crippen LogP) is 4.23. The second kappa shape index (κ2) is 8.87. The fourth-order valence-corrected chi connectivity index (χ4v) is 3.56. The predicted molar refractivity (Wildman–Crippen MR) is 115 cm³/mol. The minimum Gasteiger partial charge on any atom is -0.481 e. The van der Waals surface area contributed by atoms with E-state index < -0.39 is 11.9 Å². The molecule has 3 aromatic rings. The highest BCUT2D eigenvalue weighted by Gasteiger charge is 2.16. The van der Waals surface area contributed by atoms with Gasteiger partial charge in [-0.25, -0.2) is 0 Å². The van der Waals surface area contributed by atoms with Gasteiger partial charge in [-0.05, 0) is 79.1 Å². The highest BCUT2D eigenvalue weighted by Crippen LogP contribution is 2.31. The summed E-state index contributed by atoms with van der Waals surface area (Å²) in [6.07, 6.45) is 2.27. The van der Waals surface area contributed by atoms with E-state index in [-0.39, 0.29) is 6.42 Å². The molecule has 0 unspecified atom stereocenters. The van der Waals surface area contributed by atoms with Crippen LogP contribution in [-0.2, 0) is 11.2 Å². The summed E-state index contributed by atoms with van der Waals surface area (Å²) in [4.78, 5) is 22.6. The molecule has 0 spiro atoms. The number of benzene rings is 2. The minimum atomic E-state index is -0.848. The highest BCUT2D eigenvalue weighted by atomic mass is 32.2. The summed E-state index contributed by atoms with van der Waals surface area (Å²) in [7, 11) is 0. The van der Waals surface area contributed by atoms with Crippen molar-refractivity contribution in [3.8, 4) is 22.7 Å². The number of amides is 1. The van der Waals surface area contributed by atoms with Gasteiger partial charge in [0.25, 0.3) is 0 Å². The Morgan fingerprint density at radius 1 is 1.10 bits per heavy atom. The molecule has 0 aliphatic heterocycles. The molecular weight excluding hydrogens is 388 g/mol. The van der Waals surface area contributed by atoms with Crippen molar-refractivity contribution in [2.75, 3.05) is 6.26 Å². The number of carbonyl (C=O) groups excluding carboxylic acids is 1. The van der Waals surface area contributed by atoms with Gasteiger partial charge >= 0.3 is 5.97 Å². The van der Waals surface area contributed by atoms with Crippen molar-refractivity contribution < 1.29 is 18.9 Å². The molecule has 1 amide bonds. The van der Waals surface area contributed by atoms with Crippen molar-refractivity contribution >= 4 is 23.9 Å². The smallest absolute Gasteiger partial charge is 0.303 e. The Hall–Kier alpha value is -3.19. The molecule has 0 aliphatic carbocycles. The number of carboxylic acid groups (broad SMARTS) is 1. The Balaban J connectivity index is 2.10. The number of hydrogen-bond acceptors (Lipinski definition) is 4. The largest absolute Gasteiger partial charge is 0.481 e. The van der Waals surface area contributed by atoms with Crippen molar-refractivity contribution in [1.82, 2.24) is 4.57 Å². The monoisotopic (exact) mass is 410 g/mol. The molecule has 2 aromatic carbocycles. The Kier molecular flexibility index (Phi) is 6.29. The van der Waals surface area contributed by atoms with E-state index >= 15 is 0 Å². The molecule has 0 bridgehead atoms. The molecule has 0 fully saturated rings. The molecule has 1 heterocycles. The van der Waals surface area contributed by atoms with Crippen LogP contribution >= 0.6 is 12.0 Å². The first kappa shape index (κ1) is 20.5. The van der Waals surface area contributed by atoms with E-state index in [1.54, 1.807) is 12.1 Å². The van der Waals surface area contributed by atoms with Crippen LogP contribution in [0.15, 0.2) is 54.6 Å². The van der Waals surface area contributed by atoms with E-state index in [2.05, 4.69) is 0 Å². The molecule has 7 heteroatoms. The average molecular weight is 410 g/mol. The van der Waals surface area contributed by atoms with E-state index in [0.29, 0.717) is 12.0 Å². The first-order valence-electron chi connectivity index (χ1n) is 9.05. The summed E-state index contributed by atoms with van der Waals surface area (Å²) in [6, 6.07) is 16.9. The fourth-order valence-electron chi connectivity index (χ4n) is 3.26. The van der Waals surface area contributed by atoms with Crippen LogP contribution in [0.1, 0.15) is 28.0 Å². The Bertz CT molecular complexity index is 1040. The van der Waals surface area contributed by atoms with Crippen LogP contribution in [0.4, 0.5) is 0 Å². The number of aryl methyl sites for hydroxylation is 2. The second-order valence-corrected chi connectivity index (χ2v) is 7.08. The van der Waals surface area contributed by atoms with Crippen LogP contribution in [0, 0.1) is 6.92 Å². The number of carboxylic acids is 1. The van der Waals surface area contributed by atoms with Crippen molar-refractivity contribution in [2.45, 2.75) is 19.8 Å². The Morgan fingerprint density at radius 3 is 2.41 bits per heavy atom. The summed E-state index contributed by atoms with van der Waals surface area (Å²) >= 11 is 1.28. The number of primary amides is 1. The summed E-state index contributed by atoms with van der Waals surface area (Å²) in [6.45, 7) is 1.90. The third kappa shape index (κ3) is 4.63. The lowest BCUT2D eigenvalue weighted by Gasteiger charge is -2.17. The van der Waals surface area contributed by atoms with Gasteiger partial charge in [-0.3, -0.25) is 9.59 Å². The van der Waals surface area contributed by atoms with Crippen LogP contribution in [0.2, 0.25) is 0 Å². The Morgan fingerprint density at radius 2 is 1.83 bits per heavy atom. The van der Waals surface area contributed by atoms with E-state index in [1.165, 1.54) is 12.0 Å². The number of nitrogens with zero attached hydrogens (tertiary/aromatic N) is 1. The van der Waals surface area contributed by atoms with Crippen LogP contribution in [0.25, 0.3) is 16.9 Å². The maximum atomic E-state index is 11.5. The maximum Gasteiger partial charge on any atom is 0.303 e. The number of nitrogens with two attached hydrogens (primary N) is 1. The molecule has 29 heavy (non-hydrogen) atoms. The van der Waals surface area contributed by atoms with Crippen LogP contribution < -0.4 is 9.92 Å². The van der Waals surface area contributed by atoms with Crippen molar-refractivity contribution in [2.24, 2.45) is 5.73 Å². The number of hydrogen-bond donors (Lipinski definition) is 2. The van der Waals surface area contributed by atoms with Gasteiger partial charge in [0, 0.05) is 23.2 Å². The van der Waals surface area contributed by atoms with E-state index in [0.717, 1.165) is 34.0 Å². The van der Waals surface area contributed by atoms with Gasteiger partial charge in [0.05, 0.1) is 24.2 Å². The molecule has 0 atom stereocenters. The average Bonchev–Trinajstić information content (AvgIpc) is 3.10. The van der Waals surface area contributed by atoms with Crippen molar-refractivity contribution in [3.05, 3.63) is 71.4 Å². The van der Waals surface area contributed by atoms with E-state index in [4.69, 9.17) is 15.0 Å². The Labute approximate surface area is 173 Å². The normalized spacial score (nSPS) is 10.7. The van der Waals surface area contributed by atoms with Gasteiger partial charge in [0.1, 0.15) is 5.75 Å². The quantitative estimate of drug-likeness (QED) is 0.542. The lowest BCUT2D eigenvalue weighted by Crippen LogP contribution is -2.12. The number of rotatable bonds is 8. The van der Waals surface area contributed by atoms with Gasteiger partial charge in [0.15, 0.2) is 0 Å². The SMILES string of the molecule is CSOc1ccc(-c2ccc(CCC(=O)O)n2-c2ccc(C(N)=O)cc2C)cc1. The summed E-state index contributed by atoms with van der Waals surface area (Å²) < 4.78 is 7.47. The van der Waals surface area contributed by atoms with Crippen molar-refractivity contribution in [1.29, 1.82) is 0 Å². The molecule has 0 saturated carbocycles. The lowest BCUT2D eigenvalue weighted by molar-refractivity contribution is -0.136. The third-order valence-corrected chi connectivity index (χ3v) is 4.97. The van der Waals surface area contributed by atoms with Crippen molar-refractivity contribution in [3.63, 3.8) is 0 Å². The third-order valence-electron chi connectivity index (χ3n) is 4.61. The number of carbonyl (C=O) groups is 2. The van der Waals surface area contributed by atoms with Gasteiger partial charge in [-0.1, -0.05) is 0 Å². The highest BCUT2D eigenvalue weighted by molar-refractivity contribution is 7.94. The van der Waals surface area contributed by atoms with E-state index in [1.807, 2.05) is 60.2 Å². The zero-order chi connectivity index (χ0) is 21.0. The van der Waals surface area contributed by atoms with Crippen LogP contribution in [-0.4, -0.2) is 27.8 Å². The molecule has 0 aliphatic rings. The minimum absolute atomic E-state index is 0.0301. The maximum absolute atomic E-state index is 11.5. The summed E-state index contributed by atoms with van der Waals surface area (Å²) in [5.74, 6) is -0.575. The number of aromatic nitrogens is 1. The van der Waals surface area contributed by atoms with Crippen LogP contribution in [0.3, 0.4) is 0 Å². The molecule has 0 saturated heterocycles. The first-order valence-corrected chi connectivity index (χ1v) is 10.2. The first-order chi connectivity index (χ1) is 13.9. The van der Waals surface area contributed by atoms with Gasteiger partial charge in [-0.2, -0.15) is 0 Å². The topological polar surface area (TPSA) is 94.6 Å². The standard InChI is InChI=1S/C22H22N2O4S/c1-14-13-16(22(23)27)5-10-19(14)24-17(7-12-21(25)26)6-11-20(24)15-3-8-18(9-4-15)28-29-2/h3-6,8-11,13H,7,12H2,1-2H3,(H2,23,27)(H,25,26). The molecule has 1 aromatic heterocycles. The van der Waals surface area contributed by atoms with Crippen LogP contribution in [0.5, 0.6) is 5.75 Å². The zero-order valence-electron chi connectivity index (χ0n) is 16.2. The van der Waals surface area contributed by atoms with Gasteiger partial charge in [0.2, 0.25) is 5.91 Å². The van der Waals surface area contributed by atoms with Gasteiger partial charge in [-0.15, -0.1) is 0 Å². The molecule has 6 nitrogen and oxygen atoms in total. The fraction of sp³-hybridized carbons (Fsp3) is 0.182. The number of aliphatic carboxylic acids is 1. The van der Waals surface area contributed by atoms with Gasteiger partial charge < -0.3 is 19.6 Å². The van der Waals surface area contributed by atoms with E-state index in [9.17, 15) is 9.59 Å². The molecule has 0 radical (unpaired) electrons. The molecule has 3 N–H and O–H groups in total. The zero-order valence-corrected chi connectivity index (χ0v) is 17.0. The molecule has 150 valence electrons. The molecular formula is C22H22N2O4S. The second-order valence-electron chi connectivity index (χ2n) is 6.58. The lowest BCUT2D eigenvalue weighted by atomic mass is 10.1. The summed E-state index contributed by atoms with van der Waals surface area (Å²) in [5.41, 5.74) is 10.4. The molecule has 3 rings (SSSR count).